The lowest BCUT2D eigenvalue weighted by Crippen LogP contribution is -2.44. The maximum absolute atomic E-state index is 14.6. The Balaban J connectivity index is 1.51. The lowest BCUT2D eigenvalue weighted by Gasteiger charge is -2.32. The molecule has 32 heavy (non-hydrogen) atoms. The van der Waals surface area contributed by atoms with Crippen LogP contribution in [0.3, 0.4) is 0 Å². The summed E-state index contributed by atoms with van der Waals surface area (Å²) >= 11 is 0. The smallest absolute Gasteiger partial charge is 0.419 e. The number of amides is 1. The number of hydrogen-bond donors (Lipinski definition) is 0. The minimum atomic E-state index is -4.54. The largest absolute Gasteiger partial charge is 0.458 e. The van der Waals surface area contributed by atoms with E-state index in [0.29, 0.717) is 31.8 Å². The number of likely N-dealkylation sites (tertiary alicyclic amines) is 1. The predicted octanol–water partition coefficient (Wildman–Crippen LogP) is 3.78. The number of halogens is 4. The number of alkyl halides is 3. The molecule has 0 bridgehead atoms. The number of piperidine rings is 1. The Morgan fingerprint density at radius 2 is 1.78 bits per heavy atom. The maximum Gasteiger partial charge on any atom is 0.419 e. The third-order valence-corrected chi connectivity index (χ3v) is 4.93. The van der Waals surface area contributed by atoms with Crippen molar-refractivity contribution in [2.24, 2.45) is 0 Å². The Labute approximate surface area is 180 Å². The summed E-state index contributed by atoms with van der Waals surface area (Å²) in [7, 11) is 0. The molecule has 166 valence electrons. The van der Waals surface area contributed by atoms with Crippen LogP contribution in [-0.2, 0) is 6.18 Å². The summed E-state index contributed by atoms with van der Waals surface area (Å²) < 4.78 is 58.2. The number of carbonyl (C=O) groups is 1. The molecule has 3 aromatic rings. The van der Waals surface area contributed by atoms with Gasteiger partial charge < -0.3 is 9.64 Å². The van der Waals surface area contributed by atoms with Gasteiger partial charge in [0.15, 0.2) is 5.82 Å². The Morgan fingerprint density at radius 3 is 2.47 bits per heavy atom. The molecule has 2 aromatic heterocycles. The van der Waals surface area contributed by atoms with Crippen molar-refractivity contribution < 1.29 is 27.1 Å². The molecule has 0 N–H and O–H groups in total. The van der Waals surface area contributed by atoms with Gasteiger partial charge in [0, 0.05) is 31.3 Å². The van der Waals surface area contributed by atoms with Crippen LogP contribution in [0.5, 0.6) is 6.01 Å². The Morgan fingerprint density at radius 1 is 1.06 bits per heavy atom. The Hall–Kier alpha value is -3.63. The van der Waals surface area contributed by atoms with E-state index in [1.807, 2.05) is 0 Å². The summed E-state index contributed by atoms with van der Waals surface area (Å²) in [5.74, 6) is -0.949. The molecule has 0 spiro atoms. The SMILES string of the molecule is O=C(c1cccc(F)c1-c1ncccn1)N1CCC[C@@H](Oc2ncc(C(F)(F)F)cn2)C1. The number of hydrogen-bond acceptors (Lipinski definition) is 6. The number of rotatable bonds is 4. The molecule has 1 fully saturated rings. The lowest BCUT2D eigenvalue weighted by molar-refractivity contribution is -0.138. The summed E-state index contributed by atoms with van der Waals surface area (Å²) in [6.07, 6.45) is 0.289. The first kappa shape index (κ1) is 21.6. The number of nitrogens with zero attached hydrogens (tertiary/aromatic N) is 5. The average Bonchev–Trinajstić information content (AvgIpc) is 2.79. The van der Waals surface area contributed by atoms with E-state index in [1.165, 1.54) is 35.5 Å². The highest BCUT2D eigenvalue weighted by molar-refractivity contribution is 6.00. The molecule has 1 amide bonds. The van der Waals surface area contributed by atoms with Crippen molar-refractivity contribution in [3.8, 4) is 17.4 Å². The molecule has 1 aromatic carbocycles. The second kappa shape index (κ2) is 8.85. The van der Waals surface area contributed by atoms with E-state index >= 15 is 0 Å². The first-order valence-corrected chi connectivity index (χ1v) is 9.74. The Bertz CT molecular complexity index is 1090. The van der Waals surface area contributed by atoms with E-state index in [0.717, 1.165) is 0 Å². The molecular formula is C21H17F4N5O2. The Kier molecular flexibility index (Phi) is 5.97. The first-order valence-electron chi connectivity index (χ1n) is 9.74. The predicted molar refractivity (Wildman–Crippen MR) is 104 cm³/mol. The van der Waals surface area contributed by atoms with Crippen molar-refractivity contribution in [2.75, 3.05) is 13.1 Å². The van der Waals surface area contributed by atoms with Gasteiger partial charge in [0.2, 0.25) is 0 Å². The first-order chi connectivity index (χ1) is 15.3. The van der Waals surface area contributed by atoms with Gasteiger partial charge in [-0.2, -0.15) is 13.2 Å². The van der Waals surface area contributed by atoms with Gasteiger partial charge in [0.05, 0.1) is 23.2 Å². The highest BCUT2D eigenvalue weighted by Crippen LogP contribution is 2.29. The van der Waals surface area contributed by atoms with E-state index in [1.54, 1.807) is 6.07 Å². The zero-order valence-electron chi connectivity index (χ0n) is 16.6. The fraction of sp³-hybridized carbons (Fsp3) is 0.286. The summed E-state index contributed by atoms with van der Waals surface area (Å²) in [5, 5.41) is 0. The zero-order valence-corrected chi connectivity index (χ0v) is 16.6. The monoisotopic (exact) mass is 447 g/mol. The van der Waals surface area contributed by atoms with Crippen LogP contribution in [0.25, 0.3) is 11.4 Å². The van der Waals surface area contributed by atoms with Gasteiger partial charge in [-0.25, -0.2) is 24.3 Å². The molecule has 3 heterocycles. The minimum absolute atomic E-state index is 0.00668. The summed E-state index contributed by atoms with van der Waals surface area (Å²) in [6.45, 7) is 0.562. The van der Waals surface area contributed by atoms with E-state index in [2.05, 4.69) is 19.9 Å². The molecule has 11 heteroatoms. The van der Waals surface area contributed by atoms with Crippen LogP contribution < -0.4 is 4.74 Å². The topological polar surface area (TPSA) is 81.1 Å². The summed E-state index contributed by atoms with van der Waals surface area (Å²) in [5.41, 5.74) is -0.859. The van der Waals surface area contributed by atoms with Crippen molar-refractivity contribution in [3.05, 3.63) is 66.0 Å². The number of carbonyl (C=O) groups excluding carboxylic acids is 1. The fourth-order valence-corrected chi connectivity index (χ4v) is 3.42. The molecule has 0 aliphatic carbocycles. The molecule has 7 nitrogen and oxygen atoms in total. The van der Waals surface area contributed by atoms with Crippen LogP contribution in [0.1, 0.15) is 28.8 Å². The lowest BCUT2D eigenvalue weighted by atomic mass is 10.0. The van der Waals surface area contributed by atoms with Gasteiger partial charge in [0.25, 0.3) is 5.91 Å². The van der Waals surface area contributed by atoms with Gasteiger partial charge in [-0.3, -0.25) is 4.79 Å². The highest BCUT2D eigenvalue weighted by atomic mass is 19.4. The van der Waals surface area contributed by atoms with E-state index in [-0.39, 0.29) is 29.5 Å². The molecule has 4 rings (SSSR count). The molecule has 0 radical (unpaired) electrons. The third kappa shape index (κ3) is 4.66. The van der Waals surface area contributed by atoms with Crippen molar-refractivity contribution in [2.45, 2.75) is 25.1 Å². The molecule has 1 aliphatic heterocycles. The molecule has 1 atom stereocenters. The second-order valence-corrected chi connectivity index (χ2v) is 7.12. The molecule has 0 unspecified atom stereocenters. The third-order valence-electron chi connectivity index (χ3n) is 4.93. The van der Waals surface area contributed by atoms with Crippen molar-refractivity contribution in [3.63, 3.8) is 0 Å². The summed E-state index contributed by atoms with van der Waals surface area (Å²) in [6, 6.07) is 5.54. The van der Waals surface area contributed by atoms with E-state index < -0.39 is 29.6 Å². The summed E-state index contributed by atoms with van der Waals surface area (Å²) in [4.78, 5) is 30.0. The van der Waals surface area contributed by atoms with Gasteiger partial charge in [-0.1, -0.05) is 6.07 Å². The van der Waals surface area contributed by atoms with Crippen LogP contribution in [0.4, 0.5) is 17.6 Å². The zero-order chi connectivity index (χ0) is 22.7. The standard InChI is InChI=1S/C21H17F4N5O2/c22-16-6-1-5-15(17(16)18-26-7-3-8-27-18)19(31)30-9-2-4-14(12-30)32-20-28-10-13(11-29-20)21(23,24)25/h1,3,5-8,10-11,14H,2,4,9,12H2/t14-/m1/s1. The van der Waals surface area contributed by atoms with Crippen LogP contribution in [0, 0.1) is 5.82 Å². The van der Waals surface area contributed by atoms with Crippen molar-refractivity contribution in [1.29, 1.82) is 0 Å². The van der Waals surface area contributed by atoms with Crippen LogP contribution in [0.2, 0.25) is 0 Å². The van der Waals surface area contributed by atoms with Gasteiger partial charge in [-0.15, -0.1) is 0 Å². The van der Waals surface area contributed by atoms with Crippen LogP contribution >= 0.6 is 0 Å². The average molecular weight is 447 g/mol. The molecule has 1 saturated heterocycles. The highest BCUT2D eigenvalue weighted by Gasteiger charge is 2.32. The number of benzene rings is 1. The van der Waals surface area contributed by atoms with Crippen molar-refractivity contribution >= 4 is 5.91 Å². The number of ether oxygens (including phenoxy) is 1. The molecular weight excluding hydrogens is 430 g/mol. The maximum atomic E-state index is 14.6. The van der Waals surface area contributed by atoms with Crippen LogP contribution in [-0.4, -0.2) is 49.9 Å². The molecule has 1 aliphatic rings. The number of aromatic nitrogens is 4. The van der Waals surface area contributed by atoms with Crippen molar-refractivity contribution in [1.82, 2.24) is 24.8 Å². The fourth-order valence-electron chi connectivity index (χ4n) is 3.42. The molecule has 0 saturated carbocycles. The van der Waals surface area contributed by atoms with Gasteiger partial charge in [-0.05, 0) is 31.0 Å². The minimum Gasteiger partial charge on any atom is -0.458 e. The second-order valence-electron chi connectivity index (χ2n) is 7.12. The van der Waals surface area contributed by atoms with Gasteiger partial charge >= 0.3 is 12.2 Å². The normalized spacial score (nSPS) is 16.6. The van der Waals surface area contributed by atoms with Gasteiger partial charge in [0.1, 0.15) is 11.9 Å². The van der Waals surface area contributed by atoms with E-state index in [4.69, 9.17) is 4.74 Å². The quantitative estimate of drug-likeness (QED) is 0.567. The van der Waals surface area contributed by atoms with Crippen LogP contribution in [0.15, 0.2) is 49.1 Å². The van der Waals surface area contributed by atoms with E-state index in [9.17, 15) is 22.4 Å².